The molecule has 0 aliphatic carbocycles. The van der Waals surface area contributed by atoms with E-state index < -0.39 is 21.7 Å². The summed E-state index contributed by atoms with van der Waals surface area (Å²) in [5.41, 5.74) is 0.630. The highest BCUT2D eigenvalue weighted by Crippen LogP contribution is 2.33. The highest BCUT2D eigenvalue weighted by atomic mass is 79.9. The summed E-state index contributed by atoms with van der Waals surface area (Å²) in [5.74, 6) is -1.84. The van der Waals surface area contributed by atoms with Crippen molar-refractivity contribution in [2.45, 2.75) is 3.79 Å². The Morgan fingerprint density at radius 2 is 1.96 bits per heavy atom. The van der Waals surface area contributed by atoms with Crippen molar-refractivity contribution in [3.8, 4) is 0 Å². The van der Waals surface area contributed by atoms with Crippen LogP contribution in [-0.2, 0) is 16.6 Å². The number of carbonyl (C=O) groups excluding carboxylic acids is 3. The summed E-state index contributed by atoms with van der Waals surface area (Å²) in [7, 11) is 2.87. The number of ether oxygens (including phenoxy) is 1. The minimum Gasteiger partial charge on any atom is -0.465 e. The maximum absolute atomic E-state index is 12.2. The zero-order valence-electron chi connectivity index (χ0n) is 12.7. The number of aryl methyl sites for hydroxylation is 1. The predicted molar refractivity (Wildman–Crippen MR) is 97.2 cm³/mol. The van der Waals surface area contributed by atoms with Crippen molar-refractivity contribution in [2.75, 3.05) is 12.4 Å². The number of rotatable bonds is 2. The number of anilines is 1. The van der Waals surface area contributed by atoms with E-state index in [9.17, 15) is 14.4 Å². The lowest BCUT2D eigenvalue weighted by Crippen LogP contribution is -2.41. The van der Waals surface area contributed by atoms with Crippen LogP contribution in [0.25, 0.3) is 10.9 Å². The molecule has 0 fully saturated rings. The van der Waals surface area contributed by atoms with Crippen LogP contribution < -0.4 is 10.6 Å². The van der Waals surface area contributed by atoms with Crippen molar-refractivity contribution in [1.82, 2.24) is 15.1 Å². The molecule has 0 spiro atoms. The number of nitrogens with zero attached hydrogens (tertiary/aromatic N) is 2. The van der Waals surface area contributed by atoms with E-state index >= 15 is 0 Å². The fourth-order valence-corrected chi connectivity index (χ4v) is 2.67. The van der Waals surface area contributed by atoms with Crippen LogP contribution in [0.5, 0.6) is 0 Å². The van der Waals surface area contributed by atoms with Crippen molar-refractivity contribution >= 4 is 85.2 Å². The van der Waals surface area contributed by atoms with Gasteiger partial charge in [-0.3, -0.25) is 14.8 Å². The van der Waals surface area contributed by atoms with Gasteiger partial charge in [-0.1, -0.05) is 34.8 Å². The van der Waals surface area contributed by atoms with E-state index in [1.54, 1.807) is 13.2 Å². The van der Waals surface area contributed by atoms with Gasteiger partial charge in [-0.05, 0) is 22.0 Å². The Morgan fingerprint density at radius 1 is 1.32 bits per heavy atom. The molecule has 12 heteroatoms. The molecule has 1 heterocycles. The number of benzene rings is 1. The number of esters is 1. The van der Waals surface area contributed by atoms with Gasteiger partial charge in [-0.2, -0.15) is 5.10 Å². The topological polar surface area (TPSA) is 102 Å². The molecule has 1 aromatic carbocycles. The molecule has 25 heavy (non-hydrogen) atoms. The van der Waals surface area contributed by atoms with Crippen LogP contribution >= 0.6 is 50.7 Å². The first kappa shape index (κ1) is 19.8. The molecule has 0 radical (unpaired) electrons. The molecule has 0 bridgehead atoms. The van der Waals surface area contributed by atoms with Crippen molar-refractivity contribution in [2.24, 2.45) is 7.05 Å². The lowest BCUT2D eigenvalue weighted by Gasteiger charge is -2.14. The van der Waals surface area contributed by atoms with E-state index in [4.69, 9.17) is 39.5 Å². The molecule has 1 aromatic heterocycles. The monoisotopic (exact) mass is 470 g/mol. The quantitative estimate of drug-likeness (QED) is 0.517. The number of amides is 3. The molecule has 134 valence electrons. The number of halogens is 4. The number of imide groups is 1. The smallest absolute Gasteiger partial charge is 0.340 e. The number of hydrogen-bond acceptors (Lipinski definition) is 5. The molecule has 0 aliphatic rings. The lowest BCUT2D eigenvalue weighted by atomic mass is 10.1. The summed E-state index contributed by atoms with van der Waals surface area (Å²) in [4.78, 5) is 35.7. The molecule has 8 nitrogen and oxygen atoms in total. The highest BCUT2D eigenvalue weighted by molar-refractivity contribution is 9.10. The van der Waals surface area contributed by atoms with Gasteiger partial charge in [0.15, 0.2) is 0 Å². The standard InChI is InChI=1S/C13H10BrCl3N4O4/c1-21-4-5-8(10(22)25-2)7(3-6(14)9(5)20-21)18-12(24)19-11(23)13(15,16)17/h3-4H,1-2H3,(H2,18,19,23,24). The van der Waals surface area contributed by atoms with E-state index in [-0.39, 0.29) is 11.3 Å². The zero-order valence-corrected chi connectivity index (χ0v) is 16.5. The Kier molecular flexibility index (Phi) is 5.82. The number of fused-ring (bicyclic) bond motifs is 1. The van der Waals surface area contributed by atoms with Gasteiger partial charge in [-0.15, -0.1) is 0 Å². The Bertz CT molecular complexity index is 878. The van der Waals surface area contributed by atoms with Crippen LogP contribution in [0.3, 0.4) is 0 Å². The second kappa shape index (κ2) is 7.36. The van der Waals surface area contributed by atoms with Crippen LogP contribution in [0, 0.1) is 0 Å². The summed E-state index contributed by atoms with van der Waals surface area (Å²) < 4.78 is 4.46. The number of urea groups is 1. The summed E-state index contributed by atoms with van der Waals surface area (Å²) in [5, 5.41) is 8.86. The third-order valence-corrected chi connectivity index (χ3v) is 4.11. The van der Waals surface area contributed by atoms with E-state index in [0.717, 1.165) is 0 Å². The van der Waals surface area contributed by atoms with Gasteiger partial charge in [0, 0.05) is 23.1 Å². The first-order valence-corrected chi connectivity index (χ1v) is 8.40. The second-order valence-corrected chi connectivity index (χ2v) is 7.88. The lowest BCUT2D eigenvalue weighted by molar-refractivity contribution is -0.119. The minimum atomic E-state index is -2.31. The van der Waals surface area contributed by atoms with Gasteiger partial charge in [-0.25, -0.2) is 9.59 Å². The molecule has 0 saturated heterocycles. The molecular weight excluding hydrogens is 462 g/mol. The number of hydrogen-bond donors (Lipinski definition) is 2. The van der Waals surface area contributed by atoms with Gasteiger partial charge in [0.05, 0.1) is 18.4 Å². The predicted octanol–water partition coefficient (Wildman–Crippen LogP) is 3.14. The molecule has 2 rings (SSSR count). The summed E-state index contributed by atoms with van der Waals surface area (Å²) in [6.07, 6.45) is 1.59. The first-order valence-electron chi connectivity index (χ1n) is 6.48. The Balaban J connectivity index is 2.45. The third-order valence-electron chi connectivity index (χ3n) is 2.99. The number of nitrogens with one attached hydrogen (secondary N) is 2. The van der Waals surface area contributed by atoms with Crippen molar-refractivity contribution in [3.63, 3.8) is 0 Å². The first-order chi connectivity index (χ1) is 11.5. The van der Waals surface area contributed by atoms with Gasteiger partial charge >= 0.3 is 12.0 Å². The molecule has 0 unspecified atom stereocenters. The van der Waals surface area contributed by atoms with Crippen molar-refractivity contribution in [3.05, 3.63) is 22.3 Å². The Labute approximate surface area is 164 Å². The van der Waals surface area contributed by atoms with Gasteiger partial charge in [0.1, 0.15) is 5.52 Å². The van der Waals surface area contributed by atoms with Crippen LogP contribution in [0.1, 0.15) is 10.4 Å². The van der Waals surface area contributed by atoms with Crippen LogP contribution in [-0.4, -0.2) is 38.6 Å². The van der Waals surface area contributed by atoms with Gasteiger partial charge in [0.2, 0.25) is 0 Å². The van der Waals surface area contributed by atoms with Crippen molar-refractivity contribution in [1.29, 1.82) is 0 Å². The highest BCUT2D eigenvalue weighted by Gasteiger charge is 2.32. The molecule has 0 atom stereocenters. The maximum Gasteiger partial charge on any atom is 0.340 e. The zero-order chi connectivity index (χ0) is 18.9. The second-order valence-electron chi connectivity index (χ2n) is 4.74. The van der Waals surface area contributed by atoms with E-state index in [1.165, 1.54) is 17.9 Å². The largest absolute Gasteiger partial charge is 0.465 e. The summed E-state index contributed by atoms with van der Waals surface area (Å²) >= 11 is 19.5. The van der Waals surface area contributed by atoms with Gasteiger partial charge < -0.3 is 10.1 Å². The minimum absolute atomic E-state index is 0.0604. The van der Waals surface area contributed by atoms with E-state index in [1.807, 2.05) is 5.32 Å². The van der Waals surface area contributed by atoms with Crippen LogP contribution in [0.2, 0.25) is 0 Å². The molecular formula is C13H10BrCl3N4O4. The number of alkyl halides is 3. The van der Waals surface area contributed by atoms with Crippen LogP contribution in [0.4, 0.5) is 10.5 Å². The average Bonchev–Trinajstić information content (AvgIpc) is 2.87. The van der Waals surface area contributed by atoms with Gasteiger partial charge in [0.25, 0.3) is 9.70 Å². The Hall–Kier alpha value is -1.55. The molecule has 0 aliphatic heterocycles. The molecule has 0 saturated carbocycles. The van der Waals surface area contributed by atoms with Crippen LogP contribution in [0.15, 0.2) is 16.7 Å². The fraction of sp³-hybridized carbons (Fsp3) is 0.231. The maximum atomic E-state index is 12.2. The number of aromatic nitrogens is 2. The van der Waals surface area contributed by atoms with E-state index in [2.05, 4.69) is 26.3 Å². The van der Waals surface area contributed by atoms with E-state index in [0.29, 0.717) is 15.4 Å². The molecule has 3 amide bonds. The number of carbonyl (C=O) groups is 3. The number of methoxy groups -OCH3 is 1. The summed E-state index contributed by atoms with van der Waals surface area (Å²) in [6, 6.07) is 0.456. The fourth-order valence-electron chi connectivity index (χ4n) is 2.01. The normalized spacial score (nSPS) is 11.3. The molecule has 2 aromatic rings. The summed E-state index contributed by atoms with van der Waals surface area (Å²) in [6.45, 7) is 0. The Morgan fingerprint density at radius 3 is 2.52 bits per heavy atom. The SMILES string of the molecule is COC(=O)c1c(NC(=O)NC(=O)C(Cl)(Cl)Cl)cc(Br)c2nn(C)cc12. The molecule has 2 N–H and O–H groups in total. The average molecular weight is 473 g/mol. The third kappa shape index (κ3) is 4.35. The van der Waals surface area contributed by atoms with Crippen molar-refractivity contribution < 1.29 is 19.1 Å².